The van der Waals surface area contributed by atoms with Crippen LogP contribution in [0.2, 0.25) is 0 Å². The van der Waals surface area contributed by atoms with Gasteiger partial charge in [0.1, 0.15) is 5.69 Å². The number of halogens is 4. The SMILES string of the molecule is Nc1c(F)cc(Br)cc1OC(F)F. The fourth-order valence-electron chi connectivity index (χ4n) is 0.755. The number of alkyl halides is 2. The highest BCUT2D eigenvalue weighted by atomic mass is 79.9. The molecule has 1 rings (SSSR count). The molecule has 0 atom stereocenters. The van der Waals surface area contributed by atoms with E-state index in [4.69, 9.17) is 5.73 Å². The number of nitrogens with two attached hydrogens (primary N) is 1. The van der Waals surface area contributed by atoms with Gasteiger partial charge >= 0.3 is 6.61 Å². The molecule has 0 heterocycles. The first-order valence-electron chi connectivity index (χ1n) is 3.20. The highest BCUT2D eigenvalue weighted by molar-refractivity contribution is 9.10. The lowest BCUT2D eigenvalue weighted by Gasteiger charge is -2.08. The second kappa shape index (κ2) is 3.87. The highest BCUT2D eigenvalue weighted by Crippen LogP contribution is 2.29. The molecule has 2 N–H and O–H groups in total. The zero-order valence-corrected chi connectivity index (χ0v) is 7.82. The van der Waals surface area contributed by atoms with Crippen LogP contribution >= 0.6 is 15.9 Å². The Morgan fingerprint density at radius 1 is 1.38 bits per heavy atom. The summed E-state index contributed by atoms with van der Waals surface area (Å²) in [5, 5.41) is 0. The Bertz CT molecular complexity index is 319. The van der Waals surface area contributed by atoms with Gasteiger partial charge in [0.05, 0.1) is 0 Å². The quantitative estimate of drug-likeness (QED) is 0.825. The molecule has 72 valence electrons. The summed E-state index contributed by atoms with van der Waals surface area (Å²) in [5.41, 5.74) is 4.72. The maximum absolute atomic E-state index is 12.8. The average molecular weight is 256 g/mol. The second-order valence-corrected chi connectivity index (χ2v) is 3.09. The molecule has 13 heavy (non-hydrogen) atoms. The molecule has 0 aliphatic carbocycles. The number of nitrogen functional groups attached to an aromatic ring is 1. The molecular formula is C7H5BrF3NO. The molecule has 6 heteroatoms. The van der Waals surface area contributed by atoms with E-state index in [9.17, 15) is 13.2 Å². The molecule has 0 amide bonds. The summed E-state index contributed by atoms with van der Waals surface area (Å²) in [6.45, 7) is -3.02. The first-order chi connectivity index (χ1) is 6.00. The van der Waals surface area contributed by atoms with E-state index in [1.165, 1.54) is 6.07 Å². The van der Waals surface area contributed by atoms with Gasteiger partial charge in [0, 0.05) is 4.47 Å². The van der Waals surface area contributed by atoms with E-state index >= 15 is 0 Å². The van der Waals surface area contributed by atoms with Crippen LogP contribution in [0.4, 0.5) is 18.9 Å². The van der Waals surface area contributed by atoms with Crippen molar-refractivity contribution >= 4 is 21.6 Å². The van der Waals surface area contributed by atoms with E-state index in [1.807, 2.05) is 0 Å². The maximum atomic E-state index is 12.8. The molecular weight excluding hydrogens is 251 g/mol. The van der Waals surface area contributed by atoms with E-state index < -0.39 is 18.1 Å². The number of ether oxygens (including phenoxy) is 1. The fraction of sp³-hybridized carbons (Fsp3) is 0.143. The molecule has 0 fully saturated rings. The maximum Gasteiger partial charge on any atom is 0.387 e. The Balaban J connectivity index is 3.05. The summed E-state index contributed by atoms with van der Waals surface area (Å²) < 4.78 is 40.6. The molecule has 0 aromatic heterocycles. The largest absolute Gasteiger partial charge is 0.432 e. The minimum atomic E-state index is -3.02. The fourth-order valence-corrected chi connectivity index (χ4v) is 1.16. The Morgan fingerprint density at radius 2 is 2.00 bits per heavy atom. The summed E-state index contributed by atoms with van der Waals surface area (Å²) in [6.07, 6.45) is 0. The van der Waals surface area contributed by atoms with Gasteiger partial charge in [-0.3, -0.25) is 0 Å². The van der Waals surface area contributed by atoms with Crippen LogP contribution in [0.5, 0.6) is 5.75 Å². The van der Waals surface area contributed by atoms with Crippen LogP contribution in [0, 0.1) is 5.82 Å². The van der Waals surface area contributed by atoms with Gasteiger partial charge in [-0.1, -0.05) is 15.9 Å². The third-order valence-corrected chi connectivity index (χ3v) is 1.73. The van der Waals surface area contributed by atoms with Gasteiger partial charge in [0.15, 0.2) is 11.6 Å². The minimum absolute atomic E-state index is 0.287. The predicted octanol–water partition coefficient (Wildman–Crippen LogP) is 2.77. The first kappa shape index (κ1) is 10.2. The summed E-state index contributed by atoms with van der Waals surface area (Å²) in [4.78, 5) is 0. The van der Waals surface area contributed by atoms with Gasteiger partial charge in [0.2, 0.25) is 0 Å². The summed E-state index contributed by atoms with van der Waals surface area (Å²) in [5.74, 6) is -1.17. The van der Waals surface area contributed by atoms with Crippen LogP contribution in [0.3, 0.4) is 0 Å². The molecule has 0 saturated heterocycles. The van der Waals surface area contributed by atoms with Crippen molar-refractivity contribution in [2.45, 2.75) is 6.61 Å². The van der Waals surface area contributed by atoms with Crippen molar-refractivity contribution in [1.82, 2.24) is 0 Å². The van der Waals surface area contributed by atoms with E-state index in [1.54, 1.807) is 0 Å². The van der Waals surface area contributed by atoms with Gasteiger partial charge in [-0.25, -0.2) is 4.39 Å². The number of rotatable bonds is 2. The van der Waals surface area contributed by atoms with Crippen molar-refractivity contribution in [2.75, 3.05) is 5.73 Å². The molecule has 0 radical (unpaired) electrons. The summed E-state index contributed by atoms with van der Waals surface area (Å²) in [6, 6.07) is 2.23. The third-order valence-electron chi connectivity index (χ3n) is 1.27. The Hall–Kier alpha value is -0.910. The van der Waals surface area contributed by atoms with Crippen LogP contribution in [-0.2, 0) is 0 Å². The summed E-state index contributed by atoms with van der Waals surface area (Å²) >= 11 is 2.92. The number of hydrogen-bond acceptors (Lipinski definition) is 2. The Kier molecular flexibility index (Phi) is 3.02. The van der Waals surface area contributed by atoms with Crippen LogP contribution in [0.15, 0.2) is 16.6 Å². The van der Waals surface area contributed by atoms with Gasteiger partial charge in [0.25, 0.3) is 0 Å². The molecule has 2 nitrogen and oxygen atoms in total. The van der Waals surface area contributed by atoms with Crippen molar-refractivity contribution < 1.29 is 17.9 Å². The zero-order valence-electron chi connectivity index (χ0n) is 6.23. The normalized spacial score (nSPS) is 10.5. The third kappa shape index (κ3) is 2.51. The van der Waals surface area contributed by atoms with Crippen molar-refractivity contribution in [3.05, 3.63) is 22.4 Å². The van der Waals surface area contributed by atoms with Gasteiger partial charge in [-0.15, -0.1) is 0 Å². The van der Waals surface area contributed by atoms with Crippen LogP contribution in [0.25, 0.3) is 0 Å². The van der Waals surface area contributed by atoms with E-state index in [0.717, 1.165) is 6.07 Å². The van der Waals surface area contributed by atoms with Gasteiger partial charge < -0.3 is 10.5 Å². The van der Waals surface area contributed by atoms with Crippen molar-refractivity contribution in [3.8, 4) is 5.75 Å². The van der Waals surface area contributed by atoms with Crippen molar-refractivity contribution in [3.63, 3.8) is 0 Å². The standard InChI is InChI=1S/C7H5BrF3NO/c8-3-1-4(9)6(12)5(2-3)13-7(10)11/h1-2,7H,12H2. The Morgan fingerprint density at radius 3 is 2.54 bits per heavy atom. The lowest BCUT2D eigenvalue weighted by molar-refractivity contribution is -0.0494. The van der Waals surface area contributed by atoms with Crippen LogP contribution in [-0.4, -0.2) is 6.61 Å². The molecule has 0 aliphatic heterocycles. The number of anilines is 1. The van der Waals surface area contributed by atoms with Crippen LogP contribution < -0.4 is 10.5 Å². The first-order valence-corrected chi connectivity index (χ1v) is 3.99. The zero-order chi connectivity index (χ0) is 10.0. The topological polar surface area (TPSA) is 35.2 Å². The predicted molar refractivity (Wildman–Crippen MR) is 45.1 cm³/mol. The highest BCUT2D eigenvalue weighted by Gasteiger charge is 2.12. The molecule has 0 bridgehead atoms. The molecule has 0 saturated carbocycles. The smallest absolute Gasteiger partial charge is 0.387 e. The molecule has 1 aromatic rings. The molecule has 0 spiro atoms. The average Bonchev–Trinajstić information content (AvgIpc) is 1.98. The minimum Gasteiger partial charge on any atom is -0.432 e. The van der Waals surface area contributed by atoms with Crippen molar-refractivity contribution in [1.29, 1.82) is 0 Å². The Labute approximate surface area is 80.6 Å². The second-order valence-electron chi connectivity index (χ2n) is 2.18. The van der Waals surface area contributed by atoms with E-state index in [2.05, 4.69) is 20.7 Å². The number of hydrogen-bond donors (Lipinski definition) is 1. The summed E-state index contributed by atoms with van der Waals surface area (Å²) in [7, 11) is 0. The van der Waals surface area contributed by atoms with Gasteiger partial charge in [-0.05, 0) is 12.1 Å². The monoisotopic (exact) mass is 255 g/mol. The van der Waals surface area contributed by atoms with E-state index in [0.29, 0.717) is 0 Å². The number of benzene rings is 1. The molecule has 0 aliphatic rings. The lowest BCUT2D eigenvalue weighted by atomic mass is 10.3. The van der Waals surface area contributed by atoms with Crippen LogP contribution in [0.1, 0.15) is 0 Å². The van der Waals surface area contributed by atoms with Crippen molar-refractivity contribution in [2.24, 2.45) is 0 Å². The van der Waals surface area contributed by atoms with Gasteiger partial charge in [-0.2, -0.15) is 8.78 Å². The lowest BCUT2D eigenvalue weighted by Crippen LogP contribution is -2.05. The molecule has 1 aromatic carbocycles. The van der Waals surface area contributed by atoms with E-state index in [-0.39, 0.29) is 10.2 Å². The molecule has 0 unspecified atom stereocenters.